The Labute approximate surface area is 156 Å². The molecule has 2 atom stereocenters. The lowest BCUT2D eigenvalue weighted by Crippen LogP contribution is -2.54. The van der Waals surface area contributed by atoms with Gasteiger partial charge in [0.2, 0.25) is 17.7 Å². The van der Waals surface area contributed by atoms with Gasteiger partial charge in [-0.2, -0.15) is 0 Å². The third kappa shape index (κ3) is 7.68. The van der Waals surface area contributed by atoms with E-state index in [-0.39, 0.29) is 23.6 Å². The summed E-state index contributed by atoms with van der Waals surface area (Å²) in [5, 5.41) is 8.19. The van der Waals surface area contributed by atoms with Crippen LogP contribution >= 0.6 is 0 Å². The van der Waals surface area contributed by atoms with Crippen LogP contribution in [0, 0.1) is 5.92 Å². The minimum Gasteiger partial charge on any atom is -0.357 e. The summed E-state index contributed by atoms with van der Waals surface area (Å²) in [4.78, 5) is 36.9. The van der Waals surface area contributed by atoms with Crippen molar-refractivity contribution < 1.29 is 14.4 Å². The first kappa shape index (κ1) is 21.7. The second-order valence-electron chi connectivity index (χ2n) is 6.86. The summed E-state index contributed by atoms with van der Waals surface area (Å²) in [6.45, 7) is 5.90. The Morgan fingerprint density at radius 3 is 2.15 bits per heavy atom. The van der Waals surface area contributed by atoms with E-state index in [1.165, 1.54) is 0 Å². The Balaban J connectivity index is 2.85. The smallest absolute Gasteiger partial charge is 0.243 e. The van der Waals surface area contributed by atoms with E-state index in [4.69, 9.17) is 0 Å². The van der Waals surface area contributed by atoms with Gasteiger partial charge in [0, 0.05) is 19.9 Å². The molecular weight excluding hydrogens is 330 g/mol. The first-order valence-electron chi connectivity index (χ1n) is 9.22. The third-order valence-corrected chi connectivity index (χ3v) is 4.00. The average molecular weight is 361 g/mol. The van der Waals surface area contributed by atoms with Gasteiger partial charge in [-0.15, -0.1) is 0 Å². The van der Waals surface area contributed by atoms with Gasteiger partial charge >= 0.3 is 0 Å². The van der Waals surface area contributed by atoms with Crippen molar-refractivity contribution in [3.63, 3.8) is 0 Å². The van der Waals surface area contributed by atoms with Gasteiger partial charge in [-0.05, 0) is 24.3 Å². The standard InChI is InChI=1S/C20H31N3O3/c1-5-9-18(24)22-16(12-14(2)3)20(26)23-17(19(25)21-4)13-15-10-7-6-8-11-15/h6-8,10-11,14,16-17H,5,9,12-13H2,1-4H3,(H,21,25)(H,22,24)(H,23,26)/t16-,17-/m0/s1. The third-order valence-electron chi connectivity index (χ3n) is 4.00. The summed E-state index contributed by atoms with van der Waals surface area (Å²) in [7, 11) is 1.54. The lowest BCUT2D eigenvalue weighted by Gasteiger charge is -2.24. The highest BCUT2D eigenvalue weighted by atomic mass is 16.2. The maximum absolute atomic E-state index is 12.7. The summed E-state index contributed by atoms with van der Waals surface area (Å²) >= 11 is 0. The molecule has 0 aliphatic heterocycles. The summed E-state index contributed by atoms with van der Waals surface area (Å²) in [5.74, 6) is -0.494. The zero-order chi connectivity index (χ0) is 19.5. The van der Waals surface area contributed by atoms with Crippen molar-refractivity contribution in [1.82, 2.24) is 16.0 Å². The minimum absolute atomic E-state index is 0.146. The van der Waals surface area contributed by atoms with Crippen molar-refractivity contribution in [2.45, 2.75) is 58.5 Å². The molecule has 0 aliphatic rings. The fraction of sp³-hybridized carbons (Fsp3) is 0.550. The molecule has 0 fully saturated rings. The molecule has 3 N–H and O–H groups in total. The molecule has 0 unspecified atom stereocenters. The van der Waals surface area contributed by atoms with Gasteiger partial charge in [-0.25, -0.2) is 0 Å². The highest BCUT2D eigenvalue weighted by Gasteiger charge is 2.26. The summed E-state index contributed by atoms with van der Waals surface area (Å²) in [6, 6.07) is 8.19. The molecule has 3 amide bonds. The second kappa shape index (κ2) is 11.3. The van der Waals surface area contributed by atoms with Crippen LogP contribution in [0.25, 0.3) is 0 Å². The molecule has 6 heteroatoms. The molecule has 0 saturated carbocycles. The molecule has 1 rings (SSSR count). The predicted molar refractivity (Wildman–Crippen MR) is 102 cm³/mol. The molecule has 1 aromatic rings. The maximum Gasteiger partial charge on any atom is 0.243 e. The Morgan fingerprint density at radius 2 is 1.62 bits per heavy atom. The van der Waals surface area contributed by atoms with Crippen LogP contribution in [0.4, 0.5) is 0 Å². The molecule has 0 radical (unpaired) electrons. The molecule has 6 nitrogen and oxygen atoms in total. The summed E-state index contributed by atoms with van der Waals surface area (Å²) in [5.41, 5.74) is 0.955. The quantitative estimate of drug-likeness (QED) is 0.594. The Kier molecular flexibility index (Phi) is 9.41. The number of rotatable bonds is 10. The zero-order valence-electron chi connectivity index (χ0n) is 16.2. The first-order chi connectivity index (χ1) is 12.4. The molecule has 0 aliphatic carbocycles. The van der Waals surface area contributed by atoms with E-state index in [9.17, 15) is 14.4 Å². The van der Waals surface area contributed by atoms with Crippen molar-refractivity contribution in [2.24, 2.45) is 5.92 Å². The number of nitrogens with one attached hydrogen (secondary N) is 3. The number of hydrogen-bond donors (Lipinski definition) is 3. The SMILES string of the molecule is CCCC(=O)N[C@@H](CC(C)C)C(=O)N[C@@H](Cc1ccccc1)C(=O)NC. The molecule has 144 valence electrons. The Morgan fingerprint density at radius 1 is 0.962 bits per heavy atom. The average Bonchev–Trinajstić information content (AvgIpc) is 2.60. The molecule has 26 heavy (non-hydrogen) atoms. The monoisotopic (exact) mass is 361 g/mol. The van der Waals surface area contributed by atoms with Gasteiger partial charge in [0.1, 0.15) is 12.1 Å². The normalized spacial score (nSPS) is 13.0. The van der Waals surface area contributed by atoms with Crippen LogP contribution in [0.15, 0.2) is 30.3 Å². The van der Waals surface area contributed by atoms with Gasteiger partial charge in [-0.3, -0.25) is 14.4 Å². The van der Waals surface area contributed by atoms with Crippen molar-refractivity contribution in [2.75, 3.05) is 7.05 Å². The van der Waals surface area contributed by atoms with E-state index in [1.54, 1.807) is 7.05 Å². The molecule has 0 heterocycles. The van der Waals surface area contributed by atoms with E-state index in [1.807, 2.05) is 51.1 Å². The molecule has 0 bridgehead atoms. The maximum atomic E-state index is 12.7. The van der Waals surface area contributed by atoms with E-state index in [2.05, 4.69) is 16.0 Å². The number of amides is 3. The molecule has 0 aromatic heterocycles. The van der Waals surface area contributed by atoms with Gasteiger partial charge < -0.3 is 16.0 Å². The van der Waals surface area contributed by atoms with Crippen LogP contribution in [0.3, 0.4) is 0 Å². The number of likely N-dealkylation sites (N-methyl/N-ethyl adjacent to an activating group) is 1. The fourth-order valence-corrected chi connectivity index (χ4v) is 2.70. The second-order valence-corrected chi connectivity index (χ2v) is 6.86. The molecular formula is C20H31N3O3. The number of hydrogen-bond acceptors (Lipinski definition) is 3. The minimum atomic E-state index is -0.687. The zero-order valence-corrected chi connectivity index (χ0v) is 16.2. The largest absolute Gasteiger partial charge is 0.357 e. The highest BCUT2D eigenvalue weighted by molar-refractivity contribution is 5.92. The summed E-state index contributed by atoms with van der Waals surface area (Å²) < 4.78 is 0. The Hall–Kier alpha value is -2.37. The lowest BCUT2D eigenvalue weighted by atomic mass is 10.0. The number of carbonyl (C=O) groups excluding carboxylic acids is 3. The van der Waals surface area contributed by atoms with Gasteiger partial charge in [-0.1, -0.05) is 51.1 Å². The fourth-order valence-electron chi connectivity index (χ4n) is 2.70. The molecule has 0 spiro atoms. The van der Waals surface area contributed by atoms with E-state index >= 15 is 0 Å². The molecule has 0 saturated heterocycles. The number of benzene rings is 1. The van der Waals surface area contributed by atoms with Crippen molar-refractivity contribution in [3.05, 3.63) is 35.9 Å². The van der Waals surface area contributed by atoms with Crippen LogP contribution in [0.1, 0.15) is 45.6 Å². The van der Waals surface area contributed by atoms with Gasteiger partial charge in [0.15, 0.2) is 0 Å². The summed E-state index contributed by atoms with van der Waals surface area (Å²) in [6.07, 6.45) is 2.01. The van der Waals surface area contributed by atoms with E-state index in [0.29, 0.717) is 19.3 Å². The van der Waals surface area contributed by atoms with Crippen LogP contribution in [-0.4, -0.2) is 36.9 Å². The van der Waals surface area contributed by atoms with Crippen LogP contribution in [-0.2, 0) is 20.8 Å². The Bertz CT molecular complexity index is 587. The topological polar surface area (TPSA) is 87.3 Å². The van der Waals surface area contributed by atoms with E-state index in [0.717, 1.165) is 12.0 Å². The highest BCUT2D eigenvalue weighted by Crippen LogP contribution is 2.08. The first-order valence-corrected chi connectivity index (χ1v) is 9.22. The van der Waals surface area contributed by atoms with Gasteiger partial charge in [0.25, 0.3) is 0 Å². The lowest BCUT2D eigenvalue weighted by molar-refractivity contribution is -0.132. The van der Waals surface area contributed by atoms with E-state index < -0.39 is 12.1 Å². The van der Waals surface area contributed by atoms with Crippen LogP contribution < -0.4 is 16.0 Å². The van der Waals surface area contributed by atoms with Crippen molar-refractivity contribution in [3.8, 4) is 0 Å². The van der Waals surface area contributed by atoms with Crippen molar-refractivity contribution in [1.29, 1.82) is 0 Å². The predicted octanol–water partition coefficient (Wildman–Crippen LogP) is 1.79. The van der Waals surface area contributed by atoms with Crippen LogP contribution in [0.2, 0.25) is 0 Å². The van der Waals surface area contributed by atoms with Crippen LogP contribution in [0.5, 0.6) is 0 Å². The van der Waals surface area contributed by atoms with Gasteiger partial charge in [0.05, 0.1) is 0 Å². The van der Waals surface area contributed by atoms with Crippen molar-refractivity contribution >= 4 is 17.7 Å². The number of carbonyl (C=O) groups is 3. The molecule has 1 aromatic carbocycles.